The van der Waals surface area contributed by atoms with Crippen molar-refractivity contribution < 1.29 is 19.1 Å². The minimum absolute atomic E-state index is 0.0134. The predicted octanol–water partition coefficient (Wildman–Crippen LogP) is 7.69. The number of hydrogen-bond donors (Lipinski definition) is 2. The van der Waals surface area contributed by atoms with Gasteiger partial charge in [0.15, 0.2) is 0 Å². The summed E-state index contributed by atoms with van der Waals surface area (Å²) in [4.78, 5) is 44.9. The van der Waals surface area contributed by atoms with Crippen molar-refractivity contribution in [3.05, 3.63) is 129 Å². The number of alkyl carbamates (subject to hydrolysis) is 1. The summed E-state index contributed by atoms with van der Waals surface area (Å²) < 4.78 is 5.67. The van der Waals surface area contributed by atoms with Crippen LogP contribution in [0.5, 0.6) is 0 Å². The van der Waals surface area contributed by atoms with Crippen LogP contribution in [0.3, 0.4) is 0 Å². The van der Waals surface area contributed by atoms with Gasteiger partial charge in [0.1, 0.15) is 23.4 Å². The van der Waals surface area contributed by atoms with Crippen molar-refractivity contribution in [3.63, 3.8) is 0 Å². The van der Waals surface area contributed by atoms with Gasteiger partial charge in [-0.1, -0.05) is 89.9 Å². The number of anilines is 1. The van der Waals surface area contributed by atoms with Crippen molar-refractivity contribution >= 4 is 58.1 Å². The Morgan fingerprint density at radius 3 is 2.43 bits per heavy atom. The molecule has 8 nitrogen and oxygen atoms in total. The summed E-state index contributed by atoms with van der Waals surface area (Å²) in [5.74, 6) is -0.682. The molecule has 11 heteroatoms. The second-order valence-electron chi connectivity index (χ2n) is 11.3. The number of benzene rings is 4. The summed E-state index contributed by atoms with van der Waals surface area (Å²) in [6, 6.07) is 28.3. The van der Waals surface area contributed by atoms with Gasteiger partial charge < -0.3 is 20.3 Å². The van der Waals surface area contributed by atoms with E-state index < -0.39 is 18.0 Å². The van der Waals surface area contributed by atoms with Gasteiger partial charge in [-0.25, -0.2) is 9.78 Å². The first kappa shape index (κ1) is 30.9. The van der Waals surface area contributed by atoms with E-state index in [0.717, 1.165) is 22.3 Å². The summed E-state index contributed by atoms with van der Waals surface area (Å²) in [6.45, 7) is 0.925. The first-order valence-electron chi connectivity index (χ1n) is 15.1. The number of rotatable bonds is 8. The second-order valence-corrected chi connectivity index (χ2v) is 13.0. The van der Waals surface area contributed by atoms with E-state index in [1.807, 2.05) is 48.5 Å². The lowest BCUT2D eigenvalue weighted by Crippen LogP contribution is -2.41. The third kappa shape index (κ3) is 6.34. The van der Waals surface area contributed by atoms with Gasteiger partial charge in [0.05, 0.1) is 10.7 Å². The van der Waals surface area contributed by atoms with E-state index in [1.165, 1.54) is 22.5 Å². The Morgan fingerprint density at radius 1 is 0.936 bits per heavy atom. The molecule has 0 spiro atoms. The minimum atomic E-state index is -0.688. The fourth-order valence-corrected chi connectivity index (χ4v) is 7.44. The topological polar surface area (TPSA) is 101 Å². The number of carbonyl (C=O) groups excluding carboxylic acids is 3. The van der Waals surface area contributed by atoms with Crippen molar-refractivity contribution in [3.8, 4) is 21.7 Å². The number of nitrogens with one attached hydrogen (secondary N) is 2. The molecule has 2 heterocycles. The molecule has 5 aromatic rings. The van der Waals surface area contributed by atoms with Crippen LogP contribution in [-0.4, -0.2) is 42.1 Å². The maximum absolute atomic E-state index is 13.1. The molecule has 4 aromatic carbocycles. The smallest absolute Gasteiger partial charge is 0.407 e. The van der Waals surface area contributed by atoms with E-state index in [0.29, 0.717) is 33.7 Å². The van der Waals surface area contributed by atoms with E-state index in [1.54, 1.807) is 28.5 Å². The van der Waals surface area contributed by atoms with E-state index in [-0.39, 0.29) is 30.7 Å². The van der Waals surface area contributed by atoms with Gasteiger partial charge in [-0.3, -0.25) is 9.59 Å². The van der Waals surface area contributed by atoms with Crippen LogP contribution in [0.1, 0.15) is 39.5 Å². The fraction of sp³-hybridized carbons (Fsp3) is 0.167. The molecule has 0 bridgehead atoms. The lowest BCUT2D eigenvalue weighted by atomic mass is 9.98. The first-order chi connectivity index (χ1) is 22.9. The SMILES string of the molecule is O=C(NCc1cccc(-c2nc(C(=O)NC3CCN(c4ccc(Cl)cc4Cl)C3=O)cs2)c1)OCC1c2ccccc2-c2ccccc21. The average Bonchev–Trinajstić information content (AvgIpc) is 3.80. The molecule has 236 valence electrons. The molecule has 1 aliphatic carbocycles. The van der Waals surface area contributed by atoms with Gasteiger partial charge in [0.2, 0.25) is 5.91 Å². The molecule has 1 aliphatic heterocycles. The summed E-state index contributed by atoms with van der Waals surface area (Å²) in [5, 5.41) is 8.82. The maximum Gasteiger partial charge on any atom is 0.407 e. The molecule has 1 unspecified atom stereocenters. The van der Waals surface area contributed by atoms with Crippen molar-refractivity contribution in [2.24, 2.45) is 0 Å². The summed E-state index contributed by atoms with van der Waals surface area (Å²) in [5.41, 5.74) is 7.11. The lowest BCUT2D eigenvalue weighted by Gasteiger charge is -2.18. The van der Waals surface area contributed by atoms with Crippen molar-refractivity contribution in [1.82, 2.24) is 15.6 Å². The predicted molar refractivity (Wildman–Crippen MR) is 184 cm³/mol. The fourth-order valence-electron chi connectivity index (χ4n) is 6.13. The van der Waals surface area contributed by atoms with E-state index in [2.05, 4.69) is 39.9 Å². The molecular formula is C36H28Cl2N4O4S. The molecule has 2 N–H and O–H groups in total. The number of halogens is 2. The zero-order valence-corrected chi connectivity index (χ0v) is 27.2. The number of carbonyl (C=O) groups is 3. The zero-order valence-electron chi connectivity index (χ0n) is 24.9. The van der Waals surface area contributed by atoms with E-state index >= 15 is 0 Å². The number of nitrogens with zero attached hydrogens (tertiary/aromatic N) is 2. The Morgan fingerprint density at radius 2 is 1.68 bits per heavy atom. The van der Waals surface area contributed by atoms with E-state index in [9.17, 15) is 14.4 Å². The van der Waals surface area contributed by atoms with Crippen LogP contribution in [-0.2, 0) is 16.1 Å². The van der Waals surface area contributed by atoms with Gasteiger partial charge in [-0.15, -0.1) is 11.3 Å². The Labute approximate surface area is 285 Å². The molecule has 0 saturated carbocycles. The van der Waals surface area contributed by atoms with E-state index in [4.69, 9.17) is 27.9 Å². The third-order valence-corrected chi connectivity index (χ3v) is 9.83. The van der Waals surface area contributed by atoms with Crippen LogP contribution in [0.4, 0.5) is 10.5 Å². The highest BCUT2D eigenvalue weighted by Gasteiger charge is 2.35. The van der Waals surface area contributed by atoms with Crippen molar-refractivity contribution in [2.75, 3.05) is 18.1 Å². The van der Waals surface area contributed by atoms with Crippen LogP contribution in [0, 0.1) is 0 Å². The number of hydrogen-bond acceptors (Lipinski definition) is 6. The Balaban J connectivity index is 0.939. The summed E-state index contributed by atoms with van der Waals surface area (Å²) >= 11 is 13.6. The Bertz CT molecular complexity index is 1970. The van der Waals surface area contributed by atoms with Crippen LogP contribution in [0.25, 0.3) is 21.7 Å². The van der Waals surface area contributed by atoms with Gasteiger partial charge in [-0.05, 0) is 58.5 Å². The number of aromatic nitrogens is 1. The summed E-state index contributed by atoms with van der Waals surface area (Å²) in [7, 11) is 0. The highest BCUT2D eigenvalue weighted by Crippen LogP contribution is 2.44. The Hall–Kier alpha value is -4.70. The molecule has 1 fully saturated rings. The van der Waals surface area contributed by atoms with Crippen LogP contribution in [0.15, 0.2) is 96.4 Å². The first-order valence-corrected chi connectivity index (χ1v) is 16.7. The monoisotopic (exact) mass is 682 g/mol. The summed E-state index contributed by atoms with van der Waals surface area (Å²) in [6.07, 6.45) is -0.0528. The molecule has 2 aliphatic rings. The molecule has 47 heavy (non-hydrogen) atoms. The molecule has 1 atom stereocenters. The second kappa shape index (κ2) is 13.2. The van der Waals surface area contributed by atoms with Gasteiger partial charge >= 0.3 is 6.09 Å². The normalized spacial score (nSPS) is 15.3. The number of fused-ring (bicyclic) bond motifs is 3. The quantitative estimate of drug-likeness (QED) is 0.175. The van der Waals surface area contributed by atoms with Gasteiger partial charge in [0, 0.05) is 35.0 Å². The molecule has 3 amide bonds. The highest BCUT2D eigenvalue weighted by molar-refractivity contribution is 7.13. The van der Waals surface area contributed by atoms with Crippen LogP contribution < -0.4 is 15.5 Å². The zero-order chi connectivity index (χ0) is 32.5. The highest BCUT2D eigenvalue weighted by atomic mass is 35.5. The largest absolute Gasteiger partial charge is 0.449 e. The van der Waals surface area contributed by atoms with Crippen molar-refractivity contribution in [1.29, 1.82) is 0 Å². The Kier molecular flexibility index (Phi) is 8.68. The minimum Gasteiger partial charge on any atom is -0.449 e. The lowest BCUT2D eigenvalue weighted by molar-refractivity contribution is -0.118. The number of ether oxygens (including phenoxy) is 1. The molecule has 0 radical (unpaired) electrons. The molecular weight excluding hydrogens is 655 g/mol. The molecule has 7 rings (SSSR count). The number of thiazole rings is 1. The maximum atomic E-state index is 13.1. The van der Waals surface area contributed by atoms with Crippen LogP contribution >= 0.6 is 34.5 Å². The molecule has 1 aromatic heterocycles. The standard InChI is InChI=1S/C36H28Cl2N4O4S/c37-23-12-13-32(29(38)17-23)42-15-14-30(35(42)44)40-33(43)31-20-47-34(41-31)22-7-5-6-21(16-22)18-39-36(45)46-19-28-26-10-3-1-8-24(26)25-9-2-4-11-27(25)28/h1-13,16-17,20,28,30H,14-15,18-19H2,(H,39,45)(H,40,43). The third-order valence-electron chi connectivity index (χ3n) is 8.40. The molecule has 1 saturated heterocycles. The average molecular weight is 684 g/mol. The van der Waals surface area contributed by atoms with Gasteiger partial charge in [0.25, 0.3) is 5.91 Å². The van der Waals surface area contributed by atoms with Gasteiger partial charge in [-0.2, -0.15) is 0 Å². The van der Waals surface area contributed by atoms with Crippen LogP contribution in [0.2, 0.25) is 10.0 Å². The number of amides is 3. The van der Waals surface area contributed by atoms with Crippen molar-refractivity contribution in [2.45, 2.75) is 24.9 Å².